The average Bonchev–Trinajstić information content (AvgIpc) is 2.80. The lowest BCUT2D eigenvalue weighted by molar-refractivity contribution is 0.468. The molecule has 0 unspecified atom stereocenters. The molecular weight excluding hydrogens is 334 g/mol. The summed E-state index contributed by atoms with van der Waals surface area (Å²) < 4.78 is 6.52. The molecule has 0 bridgehead atoms. The molecule has 2 aromatic heterocycles. The second-order valence-electron chi connectivity index (χ2n) is 3.66. The van der Waals surface area contributed by atoms with Gasteiger partial charge in [0.15, 0.2) is 5.65 Å². The Morgan fingerprint density at radius 2 is 2.16 bits per heavy atom. The van der Waals surface area contributed by atoms with Gasteiger partial charge >= 0.3 is 0 Å². The van der Waals surface area contributed by atoms with E-state index in [4.69, 9.17) is 22.1 Å². The van der Waals surface area contributed by atoms with Crippen LogP contribution >= 0.6 is 27.5 Å². The molecular formula is C11H7BrClN5O. The third-order valence-electron chi connectivity index (χ3n) is 2.37. The number of nitrogens with one attached hydrogen (secondary N) is 1. The lowest BCUT2D eigenvalue weighted by atomic mass is 10.3. The highest BCUT2D eigenvalue weighted by Gasteiger charge is 2.12. The maximum Gasteiger partial charge on any atom is 0.250 e. The van der Waals surface area contributed by atoms with Crippen molar-refractivity contribution in [2.24, 2.45) is 0 Å². The Bertz CT molecular complexity index is 760. The normalized spacial score (nSPS) is 10.8. The fraction of sp³-hybridized carbons (Fsp3) is 0. The van der Waals surface area contributed by atoms with Gasteiger partial charge in [0.05, 0.1) is 11.3 Å². The molecule has 3 aromatic rings. The van der Waals surface area contributed by atoms with E-state index in [1.54, 1.807) is 12.1 Å². The Balaban J connectivity index is 2.07. The Morgan fingerprint density at radius 3 is 2.95 bits per heavy atom. The van der Waals surface area contributed by atoms with Crippen molar-refractivity contribution in [3.8, 4) is 11.6 Å². The fourth-order valence-corrected chi connectivity index (χ4v) is 2.27. The molecule has 0 saturated carbocycles. The first-order valence-corrected chi connectivity index (χ1v) is 6.40. The second-order valence-corrected chi connectivity index (χ2v) is 4.99. The smallest absolute Gasteiger partial charge is 0.250 e. The predicted molar refractivity (Wildman–Crippen MR) is 75.3 cm³/mol. The quantitative estimate of drug-likeness (QED) is 0.748. The monoisotopic (exact) mass is 339 g/mol. The van der Waals surface area contributed by atoms with E-state index < -0.39 is 0 Å². The van der Waals surface area contributed by atoms with Crippen molar-refractivity contribution in [3.63, 3.8) is 0 Å². The first kappa shape index (κ1) is 12.2. The molecule has 0 aliphatic carbocycles. The predicted octanol–water partition coefficient (Wildman–Crippen LogP) is 3.14. The third-order valence-corrected chi connectivity index (χ3v) is 3.16. The number of imidazole rings is 1. The molecule has 3 rings (SSSR count). The summed E-state index contributed by atoms with van der Waals surface area (Å²) in [5.74, 6) is 0.839. The third kappa shape index (κ3) is 2.34. The lowest BCUT2D eigenvalue weighted by Crippen LogP contribution is -1.98. The van der Waals surface area contributed by atoms with Crippen LogP contribution in [-0.4, -0.2) is 19.9 Å². The highest BCUT2D eigenvalue weighted by Crippen LogP contribution is 2.33. The van der Waals surface area contributed by atoms with Gasteiger partial charge in [0, 0.05) is 4.47 Å². The molecule has 6 nitrogen and oxygen atoms in total. The molecule has 0 radical (unpaired) electrons. The molecule has 2 heterocycles. The van der Waals surface area contributed by atoms with Crippen LogP contribution in [0.2, 0.25) is 5.02 Å². The number of halogens is 2. The molecule has 0 aliphatic rings. The minimum absolute atomic E-state index is 0.0860. The highest BCUT2D eigenvalue weighted by molar-refractivity contribution is 9.10. The molecule has 96 valence electrons. The number of nitrogens with zero attached hydrogens (tertiary/aromatic N) is 3. The van der Waals surface area contributed by atoms with Crippen LogP contribution in [-0.2, 0) is 0 Å². The maximum atomic E-state index is 6.09. The van der Waals surface area contributed by atoms with Crippen LogP contribution in [0.5, 0.6) is 11.6 Å². The summed E-state index contributed by atoms with van der Waals surface area (Å²) in [6, 6.07) is 5.27. The Morgan fingerprint density at radius 1 is 1.32 bits per heavy atom. The van der Waals surface area contributed by atoms with E-state index in [0.717, 1.165) is 4.47 Å². The van der Waals surface area contributed by atoms with Crippen LogP contribution < -0.4 is 10.5 Å². The maximum absolute atomic E-state index is 6.09. The molecule has 0 spiro atoms. The van der Waals surface area contributed by atoms with Crippen LogP contribution in [0.15, 0.2) is 29.0 Å². The van der Waals surface area contributed by atoms with Crippen LogP contribution in [0.25, 0.3) is 11.2 Å². The number of benzene rings is 1. The average molecular weight is 341 g/mol. The molecule has 0 aliphatic heterocycles. The Labute approximate surface area is 121 Å². The number of hydrogen-bond donors (Lipinski definition) is 2. The Kier molecular flexibility index (Phi) is 3.00. The van der Waals surface area contributed by atoms with Crippen LogP contribution in [0, 0.1) is 0 Å². The van der Waals surface area contributed by atoms with Crippen molar-refractivity contribution in [3.05, 3.63) is 34.0 Å². The van der Waals surface area contributed by atoms with Gasteiger partial charge < -0.3 is 15.5 Å². The molecule has 0 fully saturated rings. The summed E-state index contributed by atoms with van der Waals surface area (Å²) in [4.78, 5) is 14.9. The van der Waals surface area contributed by atoms with Crippen LogP contribution in [0.4, 0.5) is 5.95 Å². The van der Waals surface area contributed by atoms with Crippen molar-refractivity contribution in [2.75, 3.05) is 5.73 Å². The summed E-state index contributed by atoms with van der Waals surface area (Å²) in [6.07, 6.45) is 1.49. The zero-order valence-electron chi connectivity index (χ0n) is 9.39. The van der Waals surface area contributed by atoms with Crippen molar-refractivity contribution in [2.45, 2.75) is 0 Å². The minimum Gasteiger partial charge on any atom is -0.435 e. The summed E-state index contributed by atoms with van der Waals surface area (Å²) in [7, 11) is 0. The summed E-state index contributed by atoms with van der Waals surface area (Å²) in [5, 5.41) is 0.458. The van der Waals surface area contributed by atoms with Gasteiger partial charge in [-0.05, 0) is 18.2 Å². The van der Waals surface area contributed by atoms with Gasteiger partial charge in [-0.2, -0.15) is 9.97 Å². The first-order chi connectivity index (χ1) is 9.13. The Hall–Kier alpha value is -1.86. The number of anilines is 1. The van der Waals surface area contributed by atoms with E-state index in [9.17, 15) is 0 Å². The minimum atomic E-state index is 0.0860. The number of rotatable bonds is 2. The standard InChI is InChI=1S/C11H7BrClN5O/c12-5-1-2-7(6(13)3-5)19-10-8-9(16-4-15-8)17-11(14)18-10/h1-4H,(H3,14,15,16,17,18). The molecule has 0 saturated heterocycles. The molecule has 19 heavy (non-hydrogen) atoms. The lowest BCUT2D eigenvalue weighted by Gasteiger charge is -2.07. The van der Waals surface area contributed by atoms with E-state index >= 15 is 0 Å². The van der Waals surface area contributed by atoms with E-state index in [2.05, 4.69) is 35.9 Å². The summed E-state index contributed by atoms with van der Waals surface area (Å²) in [6.45, 7) is 0. The van der Waals surface area contributed by atoms with Gasteiger partial charge in [-0.1, -0.05) is 27.5 Å². The SMILES string of the molecule is Nc1nc(Oc2ccc(Br)cc2Cl)c2[nH]cnc2n1. The molecule has 3 N–H and O–H groups in total. The van der Waals surface area contributed by atoms with Crippen LogP contribution in [0.1, 0.15) is 0 Å². The zero-order chi connectivity index (χ0) is 13.4. The number of fused-ring (bicyclic) bond motifs is 1. The highest BCUT2D eigenvalue weighted by atomic mass is 79.9. The number of aromatic amines is 1. The molecule has 8 heteroatoms. The topological polar surface area (TPSA) is 89.7 Å². The largest absolute Gasteiger partial charge is 0.435 e. The van der Waals surface area contributed by atoms with E-state index in [-0.39, 0.29) is 11.8 Å². The van der Waals surface area contributed by atoms with Gasteiger partial charge in [0.1, 0.15) is 11.3 Å². The number of nitrogen functional groups attached to an aromatic ring is 1. The van der Waals surface area contributed by atoms with Gasteiger partial charge in [0.2, 0.25) is 5.95 Å². The van der Waals surface area contributed by atoms with E-state index in [0.29, 0.717) is 21.9 Å². The van der Waals surface area contributed by atoms with Crippen molar-refractivity contribution >= 4 is 44.6 Å². The fourth-order valence-electron chi connectivity index (χ4n) is 1.56. The second kappa shape index (κ2) is 4.67. The summed E-state index contributed by atoms with van der Waals surface area (Å²) in [5.41, 5.74) is 6.61. The van der Waals surface area contributed by atoms with Gasteiger partial charge in [-0.25, -0.2) is 4.98 Å². The number of hydrogen-bond acceptors (Lipinski definition) is 5. The van der Waals surface area contributed by atoms with Crippen molar-refractivity contribution in [1.82, 2.24) is 19.9 Å². The van der Waals surface area contributed by atoms with Gasteiger partial charge in [0.25, 0.3) is 5.88 Å². The number of H-pyrrole nitrogens is 1. The first-order valence-electron chi connectivity index (χ1n) is 5.23. The van der Waals surface area contributed by atoms with E-state index in [1.165, 1.54) is 6.33 Å². The number of nitrogens with two attached hydrogens (primary N) is 1. The molecule has 0 atom stereocenters. The number of ether oxygens (including phenoxy) is 1. The number of aromatic nitrogens is 4. The zero-order valence-corrected chi connectivity index (χ0v) is 11.7. The molecule has 1 aromatic carbocycles. The summed E-state index contributed by atoms with van der Waals surface area (Å²) >= 11 is 9.41. The van der Waals surface area contributed by atoms with Crippen molar-refractivity contribution in [1.29, 1.82) is 0 Å². The van der Waals surface area contributed by atoms with Gasteiger partial charge in [-0.3, -0.25) is 0 Å². The van der Waals surface area contributed by atoms with Gasteiger partial charge in [-0.15, -0.1) is 0 Å². The van der Waals surface area contributed by atoms with Crippen LogP contribution in [0.3, 0.4) is 0 Å². The molecule has 0 amide bonds. The van der Waals surface area contributed by atoms with E-state index in [1.807, 2.05) is 6.07 Å². The van der Waals surface area contributed by atoms with Crippen molar-refractivity contribution < 1.29 is 4.74 Å².